The Bertz CT molecular complexity index is 386. The van der Waals surface area contributed by atoms with Crippen LogP contribution in [0.5, 0.6) is 0 Å². The highest BCUT2D eigenvalue weighted by molar-refractivity contribution is 6.62. The summed E-state index contributed by atoms with van der Waals surface area (Å²) in [4.78, 5) is 21.7. The van der Waals surface area contributed by atoms with E-state index in [1.165, 1.54) is 0 Å². The van der Waals surface area contributed by atoms with Gasteiger partial charge in [-0.25, -0.2) is 4.79 Å². The van der Waals surface area contributed by atoms with Crippen LogP contribution in [0.2, 0.25) is 5.54 Å². The Hall–Kier alpha value is -1.26. The molecule has 0 saturated heterocycles. The monoisotopic (exact) mass is 363 g/mol. The fraction of sp³-hybridized carbons (Fsp3) is 0.733. The van der Waals surface area contributed by atoms with Gasteiger partial charge in [-0.05, 0) is 33.6 Å². The normalized spacial score (nSPS) is 13.2. The molecule has 8 nitrogen and oxygen atoms in total. The van der Waals surface area contributed by atoms with Crippen molar-refractivity contribution in [2.24, 2.45) is 0 Å². The van der Waals surface area contributed by atoms with Gasteiger partial charge in [-0.3, -0.25) is 4.79 Å². The van der Waals surface area contributed by atoms with Gasteiger partial charge in [-0.15, -0.1) is 0 Å². The Kier molecular flexibility index (Phi) is 12.4. The van der Waals surface area contributed by atoms with E-state index >= 15 is 0 Å². The van der Waals surface area contributed by atoms with E-state index in [0.717, 1.165) is 12.2 Å². The number of hydrogen-bond donors (Lipinski definition) is 3. The van der Waals surface area contributed by atoms with Crippen LogP contribution in [0.15, 0.2) is 12.2 Å². The molecule has 0 bridgehead atoms. The van der Waals surface area contributed by atoms with Crippen LogP contribution in [-0.4, -0.2) is 63.9 Å². The van der Waals surface area contributed by atoms with Gasteiger partial charge in [0.15, 0.2) is 0 Å². The van der Waals surface area contributed by atoms with Crippen molar-refractivity contribution < 1.29 is 33.1 Å². The van der Waals surface area contributed by atoms with E-state index in [1.54, 1.807) is 0 Å². The molecule has 1 atom stereocenters. The van der Waals surface area contributed by atoms with Gasteiger partial charge in [0.25, 0.3) is 0 Å². The van der Waals surface area contributed by atoms with Crippen LogP contribution in [0, 0.1) is 0 Å². The highest BCUT2D eigenvalue weighted by atomic mass is 28.4. The molecule has 1 unspecified atom stereocenters. The largest absolute Gasteiger partial charge is 0.506 e. The molecule has 24 heavy (non-hydrogen) atoms. The van der Waals surface area contributed by atoms with E-state index < -0.39 is 20.7 Å². The predicted octanol–water partition coefficient (Wildman–Crippen LogP) is 0.935. The smallest absolute Gasteiger partial charge is 0.478 e. The lowest BCUT2D eigenvalue weighted by atomic mass is 10.2. The van der Waals surface area contributed by atoms with Crippen molar-refractivity contribution in [2.75, 3.05) is 33.0 Å². The lowest BCUT2D eigenvalue weighted by molar-refractivity contribution is -0.131. The number of aliphatic hydroxyl groups excluding tert-OH is 1. The predicted molar refractivity (Wildman–Crippen MR) is 90.5 cm³/mol. The van der Waals surface area contributed by atoms with E-state index in [4.69, 9.17) is 18.4 Å². The number of hydrogen-bond acceptors (Lipinski definition) is 6. The van der Waals surface area contributed by atoms with Crippen LogP contribution in [0.1, 0.15) is 33.6 Å². The van der Waals surface area contributed by atoms with Crippen LogP contribution in [0.4, 0.5) is 0 Å². The van der Waals surface area contributed by atoms with Crippen molar-refractivity contribution in [3.8, 4) is 0 Å². The summed E-state index contributed by atoms with van der Waals surface area (Å²) in [5, 5.41) is 20.8. The van der Waals surface area contributed by atoms with E-state index in [0.29, 0.717) is 39.2 Å². The number of nitrogens with one attached hydrogen (secondary N) is 1. The fourth-order valence-corrected chi connectivity index (χ4v) is 5.17. The number of aliphatic carboxylic acids is 1. The minimum atomic E-state index is -2.99. The third-order valence-electron chi connectivity index (χ3n) is 3.16. The molecule has 0 aromatic heterocycles. The summed E-state index contributed by atoms with van der Waals surface area (Å²) in [5.74, 6) is -1.65. The molecule has 0 aliphatic rings. The van der Waals surface area contributed by atoms with Gasteiger partial charge in [0, 0.05) is 38.5 Å². The molecule has 3 N–H and O–H groups in total. The second-order valence-electron chi connectivity index (χ2n) is 4.89. The number of aliphatic hydroxyl groups is 1. The van der Waals surface area contributed by atoms with Crippen molar-refractivity contribution in [1.29, 1.82) is 0 Å². The summed E-state index contributed by atoms with van der Waals surface area (Å²) in [6, 6.07) is 0. The maximum absolute atomic E-state index is 11.4. The van der Waals surface area contributed by atoms with Crippen LogP contribution in [0.3, 0.4) is 0 Å². The zero-order chi connectivity index (χ0) is 18.4. The SMILES string of the molecule is CCO[Si](OCC)(OCC)C(CO)CCCNC(=O)C=CC(=O)O. The minimum absolute atomic E-state index is 0.126. The number of carbonyl (C=O) groups excluding carboxylic acids is 1. The maximum Gasteiger partial charge on any atom is 0.506 e. The number of carboxylic acids is 1. The highest BCUT2D eigenvalue weighted by Gasteiger charge is 2.48. The zero-order valence-corrected chi connectivity index (χ0v) is 15.6. The highest BCUT2D eigenvalue weighted by Crippen LogP contribution is 2.30. The first-order valence-corrected chi connectivity index (χ1v) is 9.97. The molecule has 0 spiro atoms. The topological polar surface area (TPSA) is 114 Å². The molecule has 140 valence electrons. The van der Waals surface area contributed by atoms with Crippen molar-refractivity contribution >= 4 is 20.7 Å². The van der Waals surface area contributed by atoms with Gasteiger partial charge in [-0.1, -0.05) is 0 Å². The Balaban J connectivity index is 4.58. The first-order valence-electron chi connectivity index (χ1n) is 8.17. The second kappa shape index (κ2) is 13.1. The number of carbonyl (C=O) groups is 2. The van der Waals surface area contributed by atoms with Gasteiger partial charge in [-0.2, -0.15) is 0 Å². The summed E-state index contributed by atoms with van der Waals surface area (Å²) >= 11 is 0. The first-order chi connectivity index (χ1) is 11.5. The van der Waals surface area contributed by atoms with Crippen LogP contribution in [-0.2, 0) is 22.9 Å². The molecule has 0 aromatic carbocycles. The van der Waals surface area contributed by atoms with Gasteiger partial charge >= 0.3 is 14.8 Å². The molecule has 0 radical (unpaired) electrons. The summed E-state index contributed by atoms with van der Waals surface area (Å²) in [5.41, 5.74) is -0.274. The number of carboxylic acid groups (broad SMARTS) is 1. The third-order valence-corrected chi connectivity index (χ3v) is 6.71. The molecule has 1 amide bonds. The van der Waals surface area contributed by atoms with Crippen molar-refractivity contribution in [3.05, 3.63) is 12.2 Å². The third kappa shape index (κ3) is 8.55. The Labute approximate surface area is 144 Å². The molecular formula is C15H29NO7Si. The van der Waals surface area contributed by atoms with Crippen molar-refractivity contribution in [1.82, 2.24) is 5.32 Å². The van der Waals surface area contributed by atoms with Crippen LogP contribution in [0.25, 0.3) is 0 Å². The first kappa shape index (κ1) is 22.7. The lowest BCUT2D eigenvalue weighted by Crippen LogP contribution is -2.51. The quantitative estimate of drug-likeness (QED) is 0.239. The Morgan fingerprint density at radius 2 is 1.62 bits per heavy atom. The molecule has 0 heterocycles. The average Bonchev–Trinajstić information content (AvgIpc) is 2.53. The molecule has 0 aromatic rings. The van der Waals surface area contributed by atoms with Crippen LogP contribution >= 0.6 is 0 Å². The van der Waals surface area contributed by atoms with Crippen LogP contribution < -0.4 is 5.32 Å². The molecule has 0 fully saturated rings. The van der Waals surface area contributed by atoms with Gasteiger partial charge in [0.1, 0.15) is 0 Å². The number of rotatable bonds is 14. The number of amides is 1. The fourth-order valence-electron chi connectivity index (χ4n) is 2.23. The molecule has 0 aliphatic carbocycles. The molecule has 0 aliphatic heterocycles. The summed E-state index contributed by atoms with van der Waals surface area (Å²) in [6.45, 7) is 7.07. The molecule has 0 rings (SSSR count). The van der Waals surface area contributed by atoms with Gasteiger partial charge in [0.05, 0.1) is 12.1 Å². The average molecular weight is 363 g/mol. The van der Waals surface area contributed by atoms with E-state index in [2.05, 4.69) is 5.32 Å². The Morgan fingerprint density at radius 3 is 2.04 bits per heavy atom. The standard InChI is InChI=1S/C15H29NO7Si/c1-4-21-24(22-5-2,23-6-3)13(12-17)8-7-11-16-14(18)9-10-15(19)20/h9-10,13,17H,4-8,11-12H2,1-3H3,(H,16,18)(H,19,20). The summed E-state index contributed by atoms with van der Waals surface area (Å²) in [7, 11) is -2.99. The lowest BCUT2D eigenvalue weighted by Gasteiger charge is -2.34. The van der Waals surface area contributed by atoms with Crippen molar-refractivity contribution in [2.45, 2.75) is 39.2 Å². The molecule has 9 heteroatoms. The molecular weight excluding hydrogens is 334 g/mol. The van der Waals surface area contributed by atoms with Gasteiger partial charge in [0.2, 0.25) is 5.91 Å². The minimum Gasteiger partial charge on any atom is -0.478 e. The second-order valence-corrected chi connectivity index (χ2v) is 7.78. The van der Waals surface area contributed by atoms with E-state index in [-0.39, 0.29) is 12.1 Å². The Morgan fingerprint density at radius 1 is 1.08 bits per heavy atom. The van der Waals surface area contributed by atoms with Crippen molar-refractivity contribution in [3.63, 3.8) is 0 Å². The summed E-state index contributed by atoms with van der Waals surface area (Å²) < 4.78 is 17.3. The van der Waals surface area contributed by atoms with E-state index in [1.807, 2.05) is 20.8 Å². The maximum atomic E-state index is 11.4. The van der Waals surface area contributed by atoms with E-state index in [9.17, 15) is 14.7 Å². The van der Waals surface area contributed by atoms with Gasteiger partial charge < -0.3 is 28.8 Å². The molecule has 0 saturated carbocycles. The summed E-state index contributed by atoms with van der Waals surface area (Å²) in [6.07, 6.45) is 2.89. The zero-order valence-electron chi connectivity index (χ0n) is 14.6.